The first-order valence-corrected chi connectivity index (χ1v) is 8.30. The first-order chi connectivity index (χ1) is 12.2. The number of carbonyl (C=O) groups is 1. The van der Waals surface area contributed by atoms with E-state index in [4.69, 9.17) is 4.74 Å². The Balaban J connectivity index is 1.70. The van der Waals surface area contributed by atoms with Crippen molar-refractivity contribution in [1.29, 1.82) is 0 Å². The molecule has 0 fully saturated rings. The molecule has 0 heterocycles. The number of ether oxygens (including phenoxy) is 1. The van der Waals surface area contributed by atoms with E-state index in [1.54, 1.807) is 0 Å². The Morgan fingerprint density at radius 3 is 2.04 bits per heavy atom. The lowest BCUT2D eigenvalue weighted by atomic mass is 10.0. The van der Waals surface area contributed by atoms with Gasteiger partial charge in [0, 0.05) is 5.69 Å². The SMILES string of the molecule is Cc1cccc(NC(=O)COC(c2ccccc2)c2ccccc2)c1. The van der Waals surface area contributed by atoms with Crippen molar-refractivity contribution < 1.29 is 9.53 Å². The highest BCUT2D eigenvalue weighted by atomic mass is 16.5. The second-order valence-corrected chi connectivity index (χ2v) is 5.93. The van der Waals surface area contributed by atoms with Gasteiger partial charge in [0.2, 0.25) is 5.91 Å². The minimum atomic E-state index is -0.273. The van der Waals surface area contributed by atoms with Gasteiger partial charge in [0.05, 0.1) is 0 Å². The van der Waals surface area contributed by atoms with Crippen LogP contribution in [0.2, 0.25) is 0 Å². The topological polar surface area (TPSA) is 38.3 Å². The molecular weight excluding hydrogens is 310 g/mol. The van der Waals surface area contributed by atoms with E-state index in [1.165, 1.54) is 0 Å². The van der Waals surface area contributed by atoms with Crippen LogP contribution in [0.1, 0.15) is 22.8 Å². The van der Waals surface area contributed by atoms with Crippen molar-refractivity contribution in [1.82, 2.24) is 0 Å². The molecule has 3 nitrogen and oxygen atoms in total. The lowest BCUT2D eigenvalue weighted by molar-refractivity contribution is -0.121. The molecule has 0 bridgehead atoms. The van der Waals surface area contributed by atoms with Crippen LogP contribution in [-0.4, -0.2) is 12.5 Å². The van der Waals surface area contributed by atoms with E-state index in [1.807, 2.05) is 91.9 Å². The molecule has 1 N–H and O–H groups in total. The Morgan fingerprint density at radius 2 is 1.48 bits per heavy atom. The molecule has 0 spiro atoms. The van der Waals surface area contributed by atoms with E-state index in [9.17, 15) is 4.79 Å². The molecule has 0 aromatic heterocycles. The fraction of sp³-hybridized carbons (Fsp3) is 0.136. The van der Waals surface area contributed by atoms with Crippen LogP contribution in [0.5, 0.6) is 0 Å². The summed E-state index contributed by atoms with van der Waals surface area (Å²) in [6.45, 7) is 1.98. The van der Waals surface area contributed by atoms with Crippen LogP contribution in [0.3, 0.4) is 0 Å². The van der Waals surface area contributed by atoms with Crippen molar-refractivity contribution >= 4 is 11.6 Å². The van der Waals surface area contributed by atoms with E-state index in [0.717, 1.165) is 22.4 Å². The first kappa shape index (κ1) is 16.9. The second-order valence-electron chi connectivity index (χ2n) is 5.93. The highest BCUT2D eigenvalue weighted by molar-refractivity contribution is 5.91. The number of rotatable bonds is 6. The second kappa shape index (κ2) is 8.27. The lowest BCUT2D eigenvalue weighted by Crippen LogP contribution is -2.20. The maximum atomic E-state index is 12.3. The predicted octanol–water partition coefficient (Wildman–Crippen LogP) is 4.74. The maximum absolute atomic E-state index is 12.3. The van der Waals surface area contributed by atoms with Crippen molar-refractivity contribution in [3.8, 4) is 0 Å². The van der Waals surface area contributed by atoms with Crippen molar-refractivity contribution in [2.45, 2.75) is 13.0 Å². The minimum Gasteiger partial charge on any atom is -0.359 e. The Hall–Kier alpha value is -2.91. The highest BCUT2D eigenvalue weighted by Gasteiger charge is 2.16. The summed E-state index contributed by atoms with van der Waals surface area (Å²) in [5.41, 5.74) is 3.93. The van der Waals surface area contributed by atoms with E-state index in [2.05, 4.69) is 5.32 Å². The third-order valence-corrected chi connectivity index (χ3v) is 3.89. The average molecular weight is 331 g/mol. The standard InChI is InChI=1S/C22H21NO2/c1-17-9-8-14-20(15-17)23-21(24)16-25-22(18-10-4-2-5-11-18)19-12-6-3-7-13-19/h2-15,22H,16H2,1H3,(H,23,24). The van der Waals surface area contributed by atoms with Gasteiger partial charge in [-0.3, -0.25) is 4.79 Å². The summed E-state index contributed by atoms with van der Waals surface area (Å²) in [6.07, 6.45) is -0.273. The largest absolute Gasteiger partial charge is 0.359 e. The number of amides is 1. The summed E-state index contributed by atoms with van der Waals surface area (Å²) in [4.78, 5) is 12.3. The number of nitrogens with one attached hydrogen (secondary N) is 1. The third kappa shape index (κ3) is 4.78. The molecule has 0 aliphatic heterocycles. The Kier molecular flexibility index (Phi) is 5.60. The quantitative estimate of drug-likeness (QED) is 0.708. The van der Waals surface area contributed by atoms with Crippen molar-refractivity contribution in [2.24, 2.45) is 0 Å². The summed E-state index contributed by atoms with van der Waals surface area (Å²) in [7, 11) is 0. The molecule has 3 heteroatoms. The van der Waals surface area contributed by atoms with Crippen molar-refractivity contribution in [3.05, 3.63) is 102 Å². The van der Waals surface area contributed by atoms with Gasteiger partial charge in [-0.25, -0.2) is 0 Å². The zero-order chi connectivity index (χ0) is 17.5. The summed E-state index contributed by atoms with van der Waals surface area (Å²) in [6, 6.07) is 27.6. The summed E-state index contributed by atoms with van der Waals surface area (Å²) < 4.78 is 5.97. The van der Waals surface area contributed by atoms with E-state index < -0.39 is 0 Å². The molecular formula is C22H21NO2. The molecule has 25 heavy (non-hydrogen) atoms. The molecule has 126 valence electrons. The fourth-order valence-electron chi connectivity index (χ4n) is 2.72. The van der Waals surface area contributed by atoms with Gasteiger partial charge in [0.25, 0.3) is 0 Å². The van der Waals surface area contributed by atoms with Crippen LogP contribution in [0.15, 0.2) is 84.9 Å². The van der Waals surface area contributed by atoms with E-state index >= 15 is 0 Å². The first-order valence-electron chi connectivity index (χ1n) is 8.30. The number of benzene rings is 3. The maximum Gasteiger partial charge on any atom is 0.250 e. The Labute approximate surface area is 148 Å². The van der Waals surface area contributed by atoms with Gasteiger partial charge in [0.15, 0.2) is 0 Å². The molecule has 0 saturated carbocycles. The molecule has 0 saturated heterocycles. The summed E-state index contributed by atoms with van der Waals surface area (Å²) >= 11 is 0. The number of hydrogen-bond acceptors (Lipinski definition) is 2. The Bertz CT molecular complexity index is 776. The number of hydrogen-bond donors (Lipinski definition) is 1. The van der Waals surface area contributed by atoms with Crippen LogP contribution in [0, 0.1) is 6.92 Å². The van der Waals surface area contributed by atoms with Gasteiger partial charge in [-0.15, -0.1) is 0 Å². The summed E-state index contributed by atoms with van der Waals surface area (Å²) in [5.74, 6) is -0.164. The molecule has 0 unspecified atom stereocenters. The number of carbonyl (C=O) groups excluding carboxylic acids is 1. The van der Waals surface area contributed by atoms with Crippen LogP contribution >= 0.6 is 0 Å². The molecule has 0 radical (unpaired) electrons. The fourth-order valence-corrected chi connectivity index (χ4v) is 2.72. The van der Waals surface area contributed by atoms with Gasteiger partial charge in [-0.05, 0) is 35.7 Å². The van der Waals surface area contributed by atoms with Crippen LogP contribution in [0.25, 0.3) is 0 Å². The van der Waals surface area contributed by atoms with E-state index in [0.29, 0.717) is 0 Å². The smallest absolute Gasteiger partial charge is 0.250 e. The van der Waals surface area contributed by atoms with Crippen LogP contribution < -0.4 is 5.32 Å². The highest BCUT2D eigenvalue weighted by Crippen LogP contribution is 2.25. The van der Waals surface area contributed by atoms with Crippen molar-refractivity contribution in [3.63, 3.8) is 0 Å². The summed E-state index contributed by atoms with van der Waals surface area (Å²) in [5, 5.41) is 2.88. The van der Waals surface area contributed by atoms with E-state index in [-0.39, 0.29) is 18.6 Å². The van der Waals surface area contributed by atoms with Crippen molar-refractivity contribution in [2.75, 3.05) is 11.9 Å². The average Bonchev–Trinajstić information content (AvgIpc) is 2.64. The minimum absolute atomic E-state index is 0.0115. The van der Waals surface area contributed by atoms with Gasteiger partial charge in [0.1, 0.15) is 12.7 Å². The molecule has 3 aromatic carbocycles. The lowest BCUT2D eigenvalue weighted by Gasteiger charge is -2.19. The molecule has 1 amide bonds. The zero-order valence-electron chi connectivity index (χ0n) is 14.2. The molecule has 0 aliphatic rings. The number of anilines is 1. The monoisotopic (exact) mass is 331 g/mol. The third-order valence-electron chi connectivity index (χ3n) is 3.89. The Morgan fingerprint density at radius 1 is 0.880 bits per heavy atom. The van der Waals surface area contributed by atoms with Gasteiger partial charge >= 0.3 is 0 Å². The number of aryl methyl sites for hydroxylation is 1. The predicted molar refractivity (Wildman–Crippen MR) is 100 cm³/mol. The molecule has 0 atom stereocenters. The van der Waals surface area contributed by atoms with Crippen LogP contribution in [0.4, 0.5) is 5.69 Å². The molecule has 0 aliphatic carbocycles. The van der Waals surface area contributed by atoms with Gasteiger partial charge in [-0.1, -0.05) is 72.8 Å². The van der Waals surface area contributed by atoms with Crippen LogP contribution in [-0.2, 0) is 9.53 Å². The molecule has 3 aromatic rings. The zero-order valence-corrected chi connectivity index (χ0v) is 14.2. The normalized spacial score (nSPS) is 10.6. The molecule has 3 rings (SSSR count). The van der Waals surface area contributed by atoms with Gasteiger partial charge in [-0.2, -0.15) is 0 Å². The van der Waals surface area contributed by atoms with Gasteiger partial charge < -0.3 is 10.1 Å².